The van der Waals surface area contributed by atoms with Gasteiger partial charge in [0, 0.05) is 43.5 Å². The minimum absolute atomic E-state index is 0.164. The number of amides is 1. The van der Waals surface area contributed by atoms with Gasteiger partial charge in [-0.3, -0.25) is 4.79 Å². The predicted molar refractivity (Wildman–Crippen MR) is 100 cm³/mol. The number of ether oxygens (including phenoxy) is 1. The molecule has 2 aliphatic rings. The predicted octanol–water partition coefficient (Wildman–Crippen LogP) is 1.49. The third-order valence-corrected chi connectivity index (χ3v) is 4.85. The number of para-hydroxylation sites is 1. The highest BCUT2D eigenvalue weighted by atomic mass is 16.5. The van der Waals surface area contributed by atoms with Crippen LogP contribution in [0, 0.1) is 5.92 Å². The zero-order valence-corrected chi connectivity index (χ0v) is 14.7. The average Bonchev–Trinajstić information content (AvgIpc) is 3.03. The number of hydrogen-bond donors (Lipinski definition) is 1. The Hall–Kier alpha value is -2.67. The van der Waals surface area contributed by atoms with Gasteiger partial charge in [0.1, 0.15) is 5.82 Å². The number of hydrogen-bond acceptors (Lipinski definition) is 6. The van der Waals surface area contributed by atoms with E-state index in [0.29, 0.717) is 37.9 Å². The Kier molecular flexibility index (Phi) is 4.71. The lowest BCUT2D eigenvalue weighted by Crippen LogP contribution is -2.37. The van der Waals surface area contributed by atoms with Gasteiger partial charge >= 0.3 is 0 Å². The maximum absolute atomic E-state index is 12.4. The fourth-order valence-electron chi connectivity index (χ4n) is 3.59. The highest BCUT2D eigenvalue weighted by Gasteiger charge is 2.31. The Labute approximate surface area is 152 Å². The van der Waals surface area contributed by atoms with Gasteiger partial charge in [0.05, 0.1) is 13.2 Å². The van der Waals surface area contributed by atoms with E-state index in [0.717, 1.165) is 30.9 Å². The summed E-state index contributed by atoms with van der Waals surface area (Å²) in [7, 11) is 0. The van der Waals surface area contributed by atoms with Gasteiger partial charge in [0.25, 0.3) is 0 Å². The number of morpholine rings is 1. The van der Waals surface area contributed by atoms with E-state index in [1.807, 2.05) is 41.3 Å². The number of rotatable bonds is 4. The van der Waals surface area contributed by atoms with E-state index in [4.69, 9.17) is 15.5 Å². The molecule has 7 nitrogen and oxygen atoms in total. The Bertz CT molecular complexity index is 777. The topological polar surface area (TPSA) is 84.6 Å². The van der Waals surface area contributed by atoms with Crippen LogP contribution < -0.4 is 15.5 Å². The summed E-state index contributed by atoms with van der Waals surface area (Å²) in [5.41, 5.74) is 7.85. The quantitative estimate of drug-likeness (QED) is 0.896. The molecule has 0 radical (unpaired) electrons. The highest BCUT2D eigenvalue weighted by molar-refractivity contribution is 5.95. The molecule has 2 aliphatic heterocycles. The number of benzene rings is 1. The lowest BCUT2D eigenvalue weighted by molar-refractivity contribution is -0.117. The van der Waals surface area contributed by atoms with E-state index in [-0.39, 0.29) is 11.8 Å². The number of nitrogens with zero attached hydrogens (tertiary/aromatic N) is 4. The second-order valence-electron chi connectivity index (χ2n) is 6.80. The van der Waals surface area contributed by atoms with Crippen molar-refractivity contribution in [3.05, 3.63) is 42.1 Å². The van der Waals surface area contributed by atoms with Crippen LogP contribution in [-0.4, -0.2) is 48.7 Å². The second-order valence-corrected chi connectivity index (χ2v) is 6.80. The number of carbonyl (C=O) groups is 1. The maximum Gasteiger partial charge on any atom is 0.227 e. The number of carbonyl (C=O) groups excluding carboxylic acids is 1. The Balaban J connectivity index is 1.47. The number of anilines is 3. The molecule has 2 fully saturated rings. The SMILES string of the molecule is Nc1cc(C[C@@H]2CC(=O)N(c3ccccc3)C2)nc(N2CCOCC2)n1. The van der Waals surface area contributed by atoms with Crippen molar-refractivity contribution in [3.8, 4) is 0 Å². The van der Waals surface area contributed by atoms with Crippen LogP contribution in [0.3, 0.4) is 0 Å². The smallest absolute Gasteiger partial charge is 0.227 e. The number of nitrogen functional groups attached to an aromatic ring is 1. The monoisotopic (exact) mass is 353 g/mol. The molecule has 7 heteroatoms. The summed E-state index contributed by atoms with van der Waals surface area (Å²) in [6, 6.07) is 11.6. The molecule has 4 rings (SSSR count). The van der Waals surface area contributed by atoms with Gasteiger partial charge in [-0.15, -0.1) is 0 Å². The lowest BCUT2D eigenvalue weighted by atomic mass is 10.0. The van der Waals surface area contributed by atoms with Crippen LogP contribution in [0.25, 0.3) is 0 Å². The Morgan fingerprint density at radius 2 is 1.92 bits per heavy atom. The molecule has 0 aliphatic carbocycles. The van der Waals surface area contributed by atoms with E-state index >= 15 is 0 Å². The third-order valence-electron chi connectivity index (χ3n) is 4.85. The minimum Gasteiger partial charge on any atom is -0.384 e. The van der Waals surface area contributed by atoms with Gasteiger partial charge < -0.3 is 20.3 Å². The van der Waals surface area contributed by atoms with Gasteiger partial charge in [-0.2, -0.15) is 4.98 Å². The van der Waals surface area contributed by atoms with Crippen LogP contribution in [0.2, 0.25) is 0 Å². The molecule has 0 spiro atoms. The first-order chi connectivity index (χ1) is 12.7. The first-order valence-electron chi connectivity index (χ1n) is 9.00. The molecule has 2 N–H and O–H groups in total. The fourth-order valence-corrected chi connectivity index (χ4v) is 3.59. The van der Waals surface area contributed by atoms with Crippen molar-refractivity contribution in [2.75, 3.05) is 48.4 Å². The van der Waals surface area contributed by atoms with Crippen LogP contribution in [0.4, 0.5) is 17.5 Å². The standard InChI is InChI=1S/C19H23N5O2/c20-17-12-15(21-19(22-17)23-6-8-26-9-7-23)10-14-11-18(25)24(13-14)16-4-2-1-3-5-16/h1-5,12,14H,6-11,13H2,(H2,20,21,22)/t14-/m1/s1. The van der Waals surface area contributed by atoms with Gasteiger partial charge in [0.15, 0.2) is 0 Å². The molecule has 1 amide bonds. The summed E-state index contributed by atoms with van der Waals surface area (Å²) in [5.74, 6) is 1.53. The largest absolute Gasteiger partial charge is 0.384 e. The van der Waals surface area contributed by atoms with Crippen LogP contribution in [0.1, 0.15) is 12.1 Å². The van der Waals surface area contributed by atoms with E-state index < -0.39 is 0 Å². The van der Waals surface area contributed by atoms with Gasteiger partial charge in [-0.05, 0) is 24.5 Å². The first-order valence-corrected chi connectivity index (χ1v) is 9.00. The molecule has 1 aromatic heterocycles. The van der Waals surface area contributed by atoms with Crippen LogP contribution in [-0.2, 0) is 16.0 Å². The van der Waals surface area contributed by atoms with Crippen molar-refractivity contribution in [2.45, 2.75) is 12.8 Å². The van der Waals surface area contributed by atoms with Crippen molar-refractivity contribution in [1.82, 2.24) is 9.97 Å². The highest BCUT2D eigenvalue weighted by Crippen LogP contribution is 2.27. The molecule has 0 bridgehead atoms. The van der Waals surface area contributed by atoms with E-state index in [1.165, 1.54) is 0 Å². The summed E-state index contributed by atoms with van der Waals surface area (Å²) in [6.45, 7) is 3.60. The van der Waals surface area contributed by atoms with E-state index in [1.54, 1.807) is 0 Å². The molecule has 2 aromatic rings. The summed E-state index contributed by atoms with van der Waals surface area (Å²) >= 11 is 0. The Morgan fingerprint density at radius 1 is 1.15 bits per heavy atom. The minimum atomic E-state index is 0.164. The zero-order valence-electron chi connectivity index (χ0n) is 14.7. The number of aromatic nitrogens is 2. The molecule has 3 heterocycles. The van der Waals surface area contributed by atoms with Crippen molar-refractivity contribution in [1.29, 1.82) is 0 Å². The fraction of sp³-hybridized carbons (Fsp3) is 0.421. The number of nitrogens with two attached hydrogens (primary N) is 1. The summed E-state index contributed by atoms with van der Waals surface area (Å²) < 4.78 is 5.38. The summed E-state index contributed by atoms with van der Waals surface area (Å²) in [4.78, 5) is 25.4. The summed E-state index contributed by atoms with van der Waals surface area (Å²) in [6.07, 6.45) is 1.25. The average molecular weight is 353 g/mol. The molecule has 136 valence electrons. The molecule has 0 unspecified atom stereocenters. The van der Waals surface area contributed by atoms with Crippen molar-refractivity contribution >= 4 is 23.4 Å². The van der Waals surface area contributed by atoms with Crippen LogP contribution in [0.5, 0.6) is 0 Å². The first kappa shape index (κ1) is 16.8. The van der Waals surface area contributed by atoms with Crippen LogP contribution >= 0.6 is 0 Å². The van der Waals surface area contributed by atoms with E-state index in [2.05, 4.69) is 9.88 Å². The molecular formula is C19H23N5O2. The van der Waals surface area contributed by atoms with Crippen molar-refractivity contribution in [2.24, 2.45) is 5.92 Å². The van der Waals surface area contributed by atoms with Crippen LogP contribution in [0.15, 0.2) is 36.4 Å². The zero-order chi connectivity index (χ0) is 17.9. The third kappa shape index (κ3) is 3.62. The molecule has 1 aromatic carbocycles. The van der Waals surface area contributed by atoms with Crippen molar-refractivity contribution < 1.29 is 9.53 Å². The second kappa shape index (κ2) is 7.29. The van der Waals surface area contributed by atoms with Gasteiger partial charge in [-0.25, -0.2) is 4.98 Å². The van der Waals surface area contributed by atoms with E-state index in [9.17, 15) is 4.79 Å². The van der Waals surface area contributed by atoms with Gasteiger partial charge in [0.2, 0.25) is 11.9 Å². The molecule has 2 saturated heterocycles. The van der Waals surface area contributed by atoms with Gasteiger partial charge in [-0.1, -0.05) is 18.2 Å². The molecule has 0 saturated carbocycles. The maximum atomic E-state index is 12.4. The molecule has 1 atom stereocenters. The molecular weight excluding hydrogens is 330 g/mol. The summed E-state index contributed by atoms with van der Waals surface area (Å²) in [5, 5.41) is 0. The molecule has 26 heavy (non-hydrogen) atoms. The normalized spacial score (nSPS) is 20.6. The lowest BCUT2D eigenvalue weighted by Gasteiger charge is -2.27. The Morgan fingerprint density at radius 3 is 2.69 bits per heavy atom. The van der Waals surface area contributed by atoms with Crippen molar-refractivity contribution in [3.63, 3.8) is 0 Å².